The van der Waals surface area contributed by atoms with Crippen LogP contribution < -0.4 is 5.32 Å². The van der Waals surface area contributed by atoms with Gasteiger partial charge in [0, 0.05) is 13.1 Å². The topological polar surface area (TPSA) is 12.0 Å². The van der Waals surface area contributed by atoms with Gasteiger partial charge in [0.2, 0.25) is 0 Å². The van der Waals surface area contributed by atoms with Crippen LogP contribution in [-0.2, 0) is 19.3 Å². The Morgan fingerprint density at radius 1 is 1.11 bits per heavy atom. The number of alkyl halides is 3. The van der Waals surface area contributed by atoms with E-state index in [0.29, 0.717) is 12.6 Å². The Morgan fingerprint density at radius 2 is 1.89 bits per heavy atom. The van der Waals surface area contributed by atoms with E-state index in [0.717, 1.165) is 11.6 Å². The lowest BCUT2D eigenvalue weighted by Crippen LogP contribution is -2.17. The van der Waals surface area contributed by atoms with Gasteiger partial charge in [0.1, 0.15) is 5.82 Å². The molecular weight excluding hydrogens is 278 g/mol. The zero-order valence-corrected chi connectivity index (χ0v) is 10.6. The molecule has 102 valence electrons. The van der Waals surface area contributed by atoms with Crippen LogP contribution in [0.25, 0.3) is 0 Å². The summed E-state index contributed by atoms with van der Waals surface area (Å²) in [5, 5.41) is 6.74. The minimum atomic E-state index is -4.54. The number of thiophene rings is 1. The van der Waals surface area contributed by atoms with Crippen LogP contribution >= 0.6 is 11.3 Å². The van der Waals surface area contributed by atoms with E-state index in [2.05, 4.69) is 5.32 Å². The van der Waals surface area contributed by atoms with Crippen LogP contribution in [0.1, 0.15) is 16.7 Å². The number of nitrogens with one attached hydrogen (secondary N) is 1. The predicted molar refractivity (Wildman–Crippen MR) is 66.3 cm³/mol. The van der Waals surface area contributed by atoms with Gasteiger partial charge >= 0.3 is 6.18 Å². The molecule has 0 bridgehead atoms. The van der Waals surface area contributed by atoms with Gasteiger partial charge < -0.3 is 5.32 Å². The largest absolute Gasteiger partial charge is 0.416 e. The molecular formula is C13H11F4NS. The van der Waals surface area contributed by atoms with E-state index in [4.69, 9.17) is 0 Å². The molecule has 1 nitrogen and oxygen atoms in total. The number of hydrogen-bond donors (Lipinski definition) is 1. The van der Waals surface area contributed by atoms with Crippen molar-refractivity contribution in [3.8, 4) is 0 Å². The fourth-order valence-electron chi connectivity index (χ4n) is 1.70. The van der Waals surface area contributed by atoms with Gasteiger partial charge in [-0.3, -0.25) is 0 Å². The molecule has 1 aromatic heterocycles. The summed E-state index contributed by atoms with van der Waals surface area (Å²) in [4.78, 5) is 0. The van der Waals surface area contributed by atoms with E-state index in [1.165, 1.54) is 17.4 Å². The number of hydrogen-bond acceptors (Lipinski definition) is 2. The Kier molecular flexibility index (Phi) is 4.21. The van der Waals surface area contributed by atoms with Crippen LogP contribution in [0, 0.1) is 5.82 Å². The Bertz CT molecular complexity index is 534. The molecule has 0 saturated carbocycles. The van der Waals surface area contributed by atoms with Crippen molar-refractivity contribution in [2.75, 3.05) is 0 Å². The molecule has 0 saturated heterocycles. The summed E-state index contributed by atoms with van der Waals surface area (Å²) in [6.07, 6.45) is -4.54. The number of halogens is 4. The van der Waals surface area contributed by atoms with Gasteiger partial charge in [-0.2, -0.15) is 24.5 Å². The SMILES string of the molecule is Fc1ccc(CNCc2ccsc2)c(C(F)(F)F)c1. The minimum Gasteiger partial charge on any atom is -0.309 e. The summed E-state index contributed by atoms with van der Waals surface area (Å²) in [5.74, 6) is -0.881. The van der Waals surface area contributed by atoms with Gasteiger partial charge in [-0.05, 0) is 40.1 Å². The lowest BCUT2D eigenvalue weighted by Gasteiger charge is -2.13. The Labute approximate surface area is 111 Å². The van der Waals surface area contributed by atoms with E-state index >= 15 is 0 Å². The highest BCUT2D eigenvalue weighted by Gasteiger charge is 2.33. The molecule has 0 atom stereocenters. The lowest BCUT2D eigenvalue weighted by molar-refractivity contribution is -0.138. The fourth-order valence-corrected chi connectivity index (χ4v) is 2.37. The average Bonchev–Trinajstić information content (AvgIpc) is 2.83. The van der Waals surface area contributed by atoms with Crippen LogP contribution in [0.2, 0.25) is 0 Å². The second kappa shape index (κ2) is 5.71. The zero-order chi connectivity index (χ0) is 13.9. The first-order valence-corrected chi connectivity index (χ1v) is 6.48. The minimum absolute atomic E-state index is 0.0455. The standard InChI is InChI=1S/C13H11F4NS/c14-11-2-1-10(12(5-11)13(15,16)17)7-18-6-9-3-4-19-8-9/h1-5,8,18H,6-7H2. The quantitative estimate of drug-likeness (QED) is 0.832. The van der Waals surface area contributed by atoms with Gasteiger partial charge in [-0.25, -0.2) is 4.39 Å². The second-order valence-electron chi connectivity index (χ2n) is 4.03. The van der Waals surface area contributed by atoms with E-state index in [-0.39, 0.29) is 12.1 Å². The summed E-state index contributed by atoms with van der Waals surface area (Å²) < 4.78 is 51.1. The van der Waals surface area contributed by atoms with Crippen molar-refractivity contribution in [3.05, 3.63) is 57.5 Å². The molecule has 0 aliphatic heterocycles. The normalized spacial score (nSPS) is 11.8. The van der Waals surface area contributed by atoms with Crippen LogP contribution in [-0.4, -0.2) is 0 Å². The van der Waals surface area contributed by atoms with Gasteiger partial charge in [-0.15, -0.1) is 0 Å². The molecule has 0 amide bonds. The Morgan fingerprint density at radius 3 is 2.53 bits per heavy atom. The highest BCUT2D eigenvalue weighted by Crippen LogP contribution is 2.32. The molecule has 0 unspecified atom stereocenters. The maximum atomic E-state index is 12.9. The van der Waals surface area contributed by atoms with E-state index in [1.807, 2.05) is 16.8 Å². The highest BCUT2D eigenvalue weighted by molar-refractivity contribution is 7.07. The number of rotatable bonds is 4. The van der Waals surface area contributed by atoms with E-state index in [9.17, 15) is 17.6 Å². The van der Waals surface area contributed by atoms with Gasteiger partial charge in [0.25, 0.3) is 0 Å². The first-order valence-electron chi connectivity index (χ1n) is 5.54. The predicted octanol–water partition coefficient (Wildman–Crippen LogP) is 4.20. The lowest BCUT2D eigenvalue weighted by atomic mass is 10.1. The second-order valence-corrected chi connectivity index (χ2v) is 4.81. The molecule has 6 heteroatoms. The van der Waals surface area contributed by atoms with Crippen molar-refractivity contribution >= 4 is 11.3 Å². The van der Waals surface area contributed by atoms with Gasteiger partial charge in [0.15, 0.2) is 0 Å². The molecule has 2 aromatic rings. The van der Waals surface area contributed by atoms with Crippen molar-refractivity contribution in [3.63, 3.8) is 0 Å². The average molecular weight is 289 g/mol. The molecule has 1 heterocycles. The summed E-state index contributed by atoms with van der Waals surface area (Å²) >= 11 is 1.53. The van der Waals surface area contributed by atoms with E-state index < -0.39 is 17.6 Å². The summed E-state index contributed by atoms with van der Waals surface area (Å²) in [7, 11) is 0. The van der Waals surface area contributed by atoms with Crippen molar-refractivity contribution < 1.29 is 17.6 Å². The molecule has 2 rings (SSSR count). The van der Waals surface area contributed by atoms with Crippen LogP contribution in [0.4, 0.5) is 17.6 Å². The summed E-state index contributed by atoms with van der Waals surface area (Å²) in [6.45, 7) is 0.531. The third-order valence-corrected chi connectivity index (χ3v) is 3.33. The maximum absolute atomic E-state index is 12.9. The summed E-state index contributed by atoms with van der Waals surface area (Å²) in [6, 6.07) is 4.63. The smallest absolute Gasteiger partial charge is 0.309 e. The zero-order valence-electron chi connectivity index (χ0n) is 9.80. The molecule has 0 aliphatic rings. The highest BCUT2D eigenvalue weighted by atomic mass is 32.1. The molecule has 1 N–H and O–H groups in total. The molecule has 1 aromatic carbocycles. The fraction of sp³-hybridized carbons (Fsp3) is 0.231. The molecule has 0 fully saturated rings. The summed E-state index contributed by atoms with van der Waals surface area (Å²) in [5.41, 5.74) is 0.134. The van der Waals surface area contributed by atoms with Crippen LogP contribution in [0.3, 0.4) is 0 Å². The first-order chi connectivity index (χ1) is 8.97. The van der Waals surface area contributed by atoms with Crippen molar-refractivity contribution in [1.82, 2.24) is 5.32 Å². The van der Waals surface area contributed by atoms with Gasteiger partial charge in [-0.1, -0.05) is 6.07 Å². The molecule has 19 heavy (non-hydrogen) atoms. The van der Waals surface area contributed by atoms with Crippen molar-refractivity contribution in [1.29, 1.82) is 0 Å². The third kappa shape index (κ3) is 3.78. The third-order valence-electron chi connectivity index (χ3n) is 2.60. The molecule has 0 radical (unpaired) electrons. The van der Waals surface area contributed by atoms with E-state index in [1.54, 1.807) is 0 Å². The Balaban J connectivity index is 2.07. The molecule has 0 aliphatic carbocycles. The Hall–Kier alpha value is -1.40. The maximum Gasteiger partial charge on any atom is 0.416 e. The van der Waals surface area contributed by atoms with Gasteiger partial charge in [0.05, 0.1) is 5.56 Å². The van der Waals surface area contributed by atoms with Crippen molar-refractivity contribution in [2.24, 2.45) is 0 Å². The number of benzene rings is 1. The first kappa shape index (κ1) is 14.0. The van der Waals surface area contributed by atoms with Crippen LogP contribution in [0.15, 0.2) is 35.0 Å². The van der Waals surface area contributed by atoms with Crippen LogP contribution in [0.5, 0.6) is 0 Å². The monoisotopic (exact) mass is 289 g/mol. The van der Waals surface area contributed by atoms with Crippen molar-refractivity contribution in [2.45, 2.75) is 19.3 Å². The molecule has 0 spiro atoms.